The highest BCUT2D eigenvalue weighted by Crippen LogP contribution is 2.33. The van der Waals surface area contributed by atoms with Gasteiger partial charge in [0.25, 0.3) is 5.91 Å². The Balaban J connectivity index is 1.19. The maximum absolute atomic E-state index is 13.4. The molecule has 3 aromatic rings. The maximum Gasteiger partial charge on any atom is 0.258 e. The first-order chi connectivity index (χ1) is 22.9. The first-order valence-corrected chi connectivity index (χ1v) is 15.7. The minimum atomic E-state index is -0.505. The lowest BCUT2D eigenvalue weighted by molar-refractivity contribution is -0.135. The van der Waals surface area contributed by atoms with Crippen LogP contribution >= 0.6 is 0 Å². The number of methoxy groups -OCH3 is 2. The summed E-state index contributed by atoms with van der Waals surface area (Å²) in [6, 6.07) is 16.0. The molecular weight excluding hydrogens is 606 g/mol. The van der Waals surface area contributed by atoms with E-state index in [4.69, 9.17) is 28.4 Å². The van der Waals surface area contributed by atoms with E-state index in [1.54, 1.807) is 30.2 Å². The van der Waals surface area contributed by atoms with Gasteiger partial charge in [0.05, 0.1) is 20.3 Å². The van der Waals surface area contributed by atoms with Crippen LogP contribution in [0, 0.1) is 0 Å². The van der Waals surface area contributed by atoms with Crippen molar-refractivity contribution >= 4 is 17.7 Å². The van der Waals surface area contributed by atoms with Crippen LogP contribution in [0.5, 0.6) is 34.5 Å². The number of likely N-dealkylation sites (tertiary alicyclic amines) is 1. The third-order valence-corrected chi connectivity index (χ3v) is 8.56. The maximum atomic E-state index is 13.4. The number of rotatable bonds is 5. The number of hydrogen-bond acceptors (Lipinski definition) is 9. The molecule has 0 spiro atoms. The Morgan fingerprint density at radius 1 is 0.894 bits per heavy atom. The molecule has 47 heavy (non-hydrogen) atoms. The lowest BCUT2D eigenvalue weighted by Gasteiger charge is -2.39. The minimum absolute atomic E-state index is 0.0169. The Bertz CT molecular complexity index is 1630. The Labute approximate surface area is 273 Å². The molecule has 4 bridgehead atoms. The summed E-state index contributed by atoms with van der Waals surface area (Å²) in [7, 11) is 3.09. The molecule has 0 saturated carbocycles. The number of fused-ring (bicyclic) bond motifs is 10. The first-order valence-electron chi connectivity index (χ1n) is 15.7. The number of carbonyl (C=O) groups excluding carboxylic acids is 3. The van der Waals surface area contributed by atoms with Crippen molar-refractivity contribution in [1.29, 1.82) is 0 Å². The molecule has 0 aromatic heterocycles. The molecule has 3 amide bonds. The van der Waals surface area contributed by atoms with E-state index in [-0.39, 0.29) is 44.1 Å². The largest absolute Gasteiger partial charge is 0.496 e. The van der Waals surface area contributed by atoms with Crippen molar-refractivity contribution in [2.75, 3.05) is 40.7 Å². The number of aryl methyl sites for hydroxylation is 2. The molecule has 248 valence electrons. The second-order valence-electron chi connectivity index (χ2n) is 11.7. The van der Waals surface area contributed by atoms with Crippen molar-refractivity contribution in [2.24, 2.45) is 0 Å². The summed E-state index contributed by atoms with van der Waals surface area (Å²) in [5.41, 5.74) is 2.65. The highest BCUT2D eigenvalue weighted by Gasteiger charge is 2.34. The molecule has 2 N–H and O–H groups in total. The van der Waals surface area contributed by atoms with Crippen LogP contribution in [0.4, 0.5) is 0 Å². The molecule has 0 unspecified atom stereocenters. The smallest absolute Gasteiger partial charge is 0.258 e. The van der Waals surface area contributed by atoms with Crippen LogP contribution in [0.25, 0.3) is 0 Å². The molecule has 3 aromatic carbocycles. The topological polar surface area (TPSA) is 134 Å². The Morgan fingerprint density at radius 3 is 2.60 bits per heavy atom. The molecule has 0 aliphatic carbocycles. The van der Waals surface area contributed by atoms with Crippen molar-refractivity contribution in [3.8, 4) is 34.5 Å². The molecule has 1 saturated heterocycles. The molecule has 1 fully saturated rings. The number of amides is 3. The van der Waals surface area contributed by atoms with Crippen molar-refractivity contribution in [2.45, 2.75) is 50.8 Å². The number of carbonyl (C=O) groups is 3. The fourth-order valence-electron chi connectivity index (χ4n) is 5.98. The first kappa shape index (κ1) is 31.8. The third kappa shape index (κ3) is 7.82. The zero-order valence-corrected chi connectivity index (χ0v) is 26.5. The summed E-state index contributed by atoms with van der Waals surface area (Å²) < 4.78 is 34.2. The molecule has 12 nitrogen and oxygen atoms in total. The van der Waals surface area contributed by atoms with E-state index in [9.17, 15) is 14.4 Å². The van der Waals surface area contributed by atoms with Gasteiger partial charge in [-0.3, -0.25) is 14.4 Å². The van der Waals surface area contributed by atoms with Crippen molar-refractivity contribution < 1.29 is 42.8 Å². The van der Waals surface area contributed by atoms with Gasteiger partial charge in [-0.25, -0.2) is 0 Å². The molecule has 4 aliphatic heterocycles. The van der Waals surface area contributed by atoms with Gasteiger partial charge >= 0.3 is 0 Å². The van der Waals surface area contributed by atoms with Gasteiger partial charge in [-0.15, -0.1) is 0 Å². The number of benzene rings is 3. The molecule has 7 rings (SSSR count). The van der Waals surface area contributed by atoms with Crippen LogP contribution in [0.15, 0.2) is 54.6 Å². The zero-order chi connectivity index (χ0) is 32.8. The van der Waals surface area contributed by atoms with Gasteiger partial charge in [0, 0.05) is 50.5 Å². The summed E-state index contributed by atoms with van der Waals surface area (Å²) in [5, 5.41) is 6.01. The Kier molecular flexibility index (Phi) is 9.84. The molecule has 12 heteroatoms. The van der Waals surface area contributed by atoms with Crippen LogP contribution in [0.3, 0.4) is 0 Å². The van der Waals surface area contributed by atoms with E-state index in [1.165, 1.54) is 7.11 Å². The van der Waals surface area contributed by atoms with E-state index < -0.39 is 12.1 Å². The van der Waals surface area contributed by atoms with Crippen LogP contribution in [-0.2, 0) is 33.8 Å². The van der Waals surface area contributed by atoms with Crippen LogP contribution < -0.4 is 39.1 Å². The van der Waals surface area contributed by atoms with Gasteiger partial charge in [-0.05, 0) is 60.4 Å². The zero-order valence-electron chi connectivity index (χ0n) is 26.5. The van der Waals surface area contributed by atoms with Gasteiger partial charge in [0.1, 0.15) is 17.6 Å². The molecule has 4 heterocycles. The monoisotopic (exact) mass is 645 g/mol. The van der Waals surface area contributed by atoms with Crippen molar-refractivity contribution in [3.05, 3.63) is 71.3 Å². The van der Waals surface area contributed by atoms with E-state index in [1.807, 2.05) is 36.4 Å². The second-order valence-corrected chi connectivity index (χ2v) is 11.7. The van der Waals surface area contributed by atoms with Gasteiger partial charge in [0.2, 0.25) is 18.6 Å². The van der Waals surface area contributed by atoms with Gasteiger partial charge in [-0.2, -0.15) is 0 Å². The number of ether oxygens (including phenoxy) is 6. The van der Waals surface area contributed by atoms with Gasteiger partial charge in [-0.1, -0.05) is 12.1 Å². The van der Waals surface area contributed by atoms with E-state index >= 15 is 0 Å². The number of nitrogens with zero attached hydrogens (tertiary/aromatic N) is 1. The van der Waals surface area contributed by atoms with Crippen LogP contribution in [-0.4, -0.2) is 75.5 Å². The highest BCUT2D eigenvalue weighted by atomic mass is 16.7. The number of nitrogens with one attached hydrogen (secondary N) is 2. The minimum Gasteiger partial charge on any atom is -0.496 e. The number of piperidine rings is 1. The summed E-state index contributed by atoms with van der Waals surface area (Å²) in [6.07, 6.45) is 1.67. The quantitative estimate of drug-likeness (QED) is 0.429. The van der Waals surface area contributed by atoms with Gasteiger partial charge < -0.3 is 44.0 Å². The van der Waals surface area contributed by atoms with Crippen LogP contribution in [0.2, 0.25) is 0 Å². The molecule has 4 aliphatic rings. The van der Waals surface area contributed by atoms with Crippen molar-refractivity contribution in [3.63, 3.8) is 0 Å². The molecule has 0 radical (unpaired) electrons. The molecular formula is C35H39N3O9. The Hall–Kier alpha value is -5.13. The average molecular weight is 646 g/mol. The third-order valence-electron chi connectivity index (χ3n) is 8.56. The molecule has 2 atom stereocenters. The predicted molar refractivity (Wildman–Crippen MR) is 170 cm³/mol. The normalized spacial score (nSPS) is 19.5. The predicted octanol–water partition coefficient (Wildman–Crippen LogP) is 3.17. The lowest BCUT2D eigenvalue weighted by Crippen LogP contribution is -2.58. The Morgan fingerprint density at radius 2 is 1.74 bits per heavy atom. The highest BCUT2D eigenvalue weighted by molar-refractivity contribution is 5.79. The van der Waals surface area contributed by atoms with Crippen LogP contribution in [0.1, 0.15) is 36.0 Å². The fourth-order valence-corrected chi connectivity index (χ4v) is 5.98. The standard InChI is InChI=1S/C35H39N3O9/c1-42-28-9-3-22-5-11-33(39)36-18-24-7-8-25(17-30(24)43-2)47-27-13-14-38(19-26(27)37-34(40)20-44-31(28)15-22)35(41)12-6-23-4-10-29-32(16-23)46-21-45-29/h3-4,7-10,15-17,26-27H,5-6,11-14,18-21H2,1-2H3,(H,36,39)(H,37,40)/t26-,27+/m1/s1. The van der Waals surface area contributed by atoms with E-state index in [0.29, 0.717) is 73.3 Å². The summed E-state index contributed by atoms with van der Waals surface area (Å²) >= 11 is 0. The average Bonchev–Trinajstić information content (AvgIpc) is 3.56. The van der Waals surface area contributed by atoms with Crippen molar-refractivity contribution in [1.82, 2.24) is 15.5 Å². The lowest BCUT2D eigenvalue weighted by atomic mass is 10.0. The summed E-state index contributed by atoms with van der Waals surface area (Å²) in [4.78, 5) is 41.1. The second kappa shape index (κ2) is 14.5. The van der Waals surface area contributed by atoms with E-state index in [0.717, 1.165) is 16.7 Å². The summed E-state index contributed by atoms with van der Waals surface area (Å²) in [6.45, 7) is 0.964. The number of hydrogen-bond donors (Lipinski definition) is 2. The van der Waals surface area contributed by atoms with Gasteiger partial charge in [0.15, 0.2) is 29.6 Å². The fraction of sp³-hybridized carbons (Fsp3) is 0.400. The summed E-state index contributed by atoms with van der Waals surface area (Å²) in [5.74, 6) is 2.90. The van der Waals surface area contributed by atoms with E-state index in [2.05, 4.69) is 10.6 Å². The SMILES string of the molecule is COc1cc2ccc1CNC(=O)CCc1ccc(OC)c(c1)OCC(=O)N[C@@H]1CN(C(=O)CCc3ccc4c(c3)OCO4)CC[C@@H]1O2.